The minimum Gasteiger partial charge on any atom is -0.480 e. The van der Waals surface area contributed by atoms with Crippen molar-refractivity contribution in [2.24, 2.45) is 17.4 Å². The van der Waals surface area contributed by atoms with Gasteiger partial charge in [-0.05, 0) is 48.9 Å². The molecule has 7 atom stereocenters. The maximum Gasteiger partial charge on any atom is 0.326 e. The number of amides is 7. The highest BCUT2D eigenvalue weighted by molar-refractivity contribution is 5.95. The van der Waals surface area contributed by atoms with Crippen molar-refractivity contribution in [1.29, 1.82) is 5.26 Å². The van der Waals surface area contributed by atoms with Gasteiger partial charge in [0, 0.05) is 25.7 Å². The average molecular weight is 933 g/mol. The Bertz CT molecular complexity index is 1940. The molecule has 0 aliphatic heterocycles. The standard InChI is InChI=1S/C49H72N8O10/c1-4-32(2)43(47(64)55-37(45(51)62)28-35-24-26-36(31-50)27-25-35)57-48(65)44(33(3)58)56-41(60)23-19-14-12-10-8-6-5-7-9-11-13-18-22-40(59)53-38(46(52)63)30-42(61)54-39(49(66)67)29-34-20-16-15-17-21-34/h15-17,20-21,24-27,32-33,37-39,43-44,58H,4-14,18-19,22-23,28-30H2,1-3H3,(H2,51,62)(H2,52,63)(H,53,59)(H,54,61)(H,55,64)(H,56,60)(H,57,65)(H,66,67)/t32-,33-,37+,38+,39-,43+,44-/m0/s1. The molecule has 2 aromatic rings. The lowest BCUT2D eigenvalue weighted by molar-refractivity contribution is -0.142. The molecule has 11 N–H and O–H groups in total. The van der Waals surface area contributed by atoms with Gasteiger partial charge in [-0.2, -0.15) is 5.26 Å². The number of unbranched alkanes of at least 4 members (excludes halogenated alkanes) is 11. The number of carbonyl (C=O) groups is 8. The Morgan fingerprint density at radius 2 is 1.01 bits per heavy atom. The molecule has 0 aliphatic carbocycles. The highest BCUT2D eigenvalue weighted by atomic mass is 16.4. The zero-order valence-electron chi connectivity index (χ0n) is 39.2. The van der Waals surface area contributed by atoms with Crippen molar-refractivity contribution >= 4 is 47.3 Å². The van der Waals surface area contributed by atoms with Crippen molar-refractivity contribution in [3.63, 3.8) is 0 Å². The fraction of sp³-hybridized carbons (Fsp3) is 0.571. The smallest absolute Gasteiger partial charge is 0.326 e. The van der Waals surface area contributed by atoms with Gasteiger partial charge < -0.3 is 48.3 Å². The number of carbonyl (C=O) groups excluding carboxylic acids is 7. The first-order valence-corrected chi connectivity index (χ1v) is 23.5. The van der Waals surface area contributed by atoms with Gasteiger partial charge in [-0.25, -0.2) is 4.79 Å². The number of nitrogens with one attached hydrogen (secondary N) is 5. The molecule has 67 heavy (non-hydrogen) atoms. The van der Waals surface area contributed by atoms with E-state index in [1.54, 1.807) is 61.5 Å². The molecular formula is C49H72N8O10. The van der Waals surface area contributed by atoms with Gasteiger partial charge >= 0.3 is 5.97 Å². The number of nitriles is 1. The third-order valence-electron chi connectivity index (χ3n) is 11.6. The van der Waals surface area contributed by atoms with Gasteiger partial charge in [-0.3, -0.25) is 33.6 Å². The van der Waals surface area contributed by atoms with Crippen LogP contribution in [-0.4, -0.2) is 93.8 Å². The van der Waals surface area contributed by atoms with E-state index in [4.69, 9.17) is 16.7 Å². The van der Waals surface area contributed by atoms with E-state index in [2.05, 4.69) is 26.6 Å². The average Bonchev–Trinajstić information content (AvgIpc) is 3.29. The molecule has 0 saturated carbocycles. The second-order valence-corrected chi connectivity index (χ2v) is 17.3. The van der Waals surface area contributed by atoms with E-state index in [1.807, 2.05) is 13.0 Å². The zero-order valence-corrected chi connectivity index (χ0v) is 39.2. The largest absolute Gasteiger partial charge is 0.480 e. The molecule has 0 unspecified atom stereocenters. The first-order valence-electron chi connectivity index (χ1n) is 23.5. The van der Waals surface area contributed by atoms with Crippen LogP contribution in [-0.2, 0) is 51.2 Å². The molecule has 2 aromatic carbocycles. The molecule has 0 heterocycles. The molecule has 0 aromatic heterocycles. The first kappa shape index (κ1) is 56.8. The number of primary amides is 2. The minimum absolute atomic E-state index is 0.0583. The molecule has 7 amide bonds. The highest BCUT2D eigenvalue weighted by Crippen LogP contribution is 2.15. The number of rotatable bonds is 34. The summed E-state index contributed by atoms with van der Waals surface area (Å²) >= 11 is 0. The Balaban J connectivity index is 1.61. The Morgan fingerprint density at radius 3 is 1.48 bits per heavy atom. The Labute approximate surface area is 394 Å². The second-order valence-electron chi connectivity index (χ2n) is 17.3. The predicted octanol–water partition coefficient (Wildman–Crippen LogP) is 3.10. The van der Waals surface area contributed by atoms with Crippen LogP contribution in [0.15, 0.2) is 54.6 Å². The van der Waals surface area contributed by atoms with E-state index >= 15 is 0 Å². The Hall–Kier alpha value is -6.35. The minimum atomic E-state index is -1.31. The van der Waals surface area contributed by atoms with Gasteiger partial charge in [-0.15, -0.1) is 0 Å². The van der Waals surface area contributed by atoms with Crippen LogP contribution in [0.25, 0.3) is 0 Å². The van der Waals surface area contributed by atoms with E-state index in [9.17, 15) is 48.6 Å². The van der Waals surface area contributed by atoms with Crippen molar-refractivity contribution in [1.82, 2.24) is 26.6 Å². The summed E-state index contributed by atoms with van der Waals surface area (Å²) in [5, 5.41) is 41.8. The van der Waals surface area contributed by atoms with E-state index < -0.39 is 90.1 Å². The number of carboxylic acid groups (broad SMARTS) is 1. The second kappa shape index (κ2) is 31.5. The van der Waals surface area contributed by atoms with E-state index in [0.717, 1.165) is 69.8 Å². The summed E-state index contributed by atoms with van der Waals surface area (Å²) in [6.45, 7) is 4.97. The summed E-state index contributed by atoms with van der Waals surface area (Å²) < 4.78 is 0. The summed E-state index contributed by atoms with van der Waals surface area (Å²) in [5.74, 6) is -6.14. The Morgan fingerprint density at radius 1 is 0.567 bits per heavy atom. The Kier molecular flexibility index (Phi) is 26.7. The fourth-order valence-electron chi connectivity index (χ4n) is 7.35. The lowest BCUT2D eigenvalue weighted by Gasteiger charge is -2.28. The first-order chi connectivity index (χ1) is 31.9. The number of nitrogens with two attached hydrogens (primary N) is 2. The molecule has 0 aliphatic rings. The van der Waals surface area contributed by atoms with E-state index in [-0.39, 0.29) is 31.6 Å². The normalized spacial score (nSPS) is 14.1. The van der Waals surface area contributed by atoms with E-state index in [1.165, 1.54) is 6.92 Å². The van der Waals surface area contributed by atoms with Gasteiger partial charge in [-0.1, -0.05) is 127 Å². The quantitative estimate of drug-likeness (QED) is 0.0459. The fourth-order valence-corrected chi connectivity index (χ4v) is 7.35. The number of hydrogen-bond donors (Lipinski definition) is 9. The number of aliphatic hydroxyl groups excluding tert-OH is 1. The van der Waals surface area contributed by atoms with Gasteiger partial charge in [0.25, 0.3) is 0 Å². The molecule has 18 nitrogen and oxygen atoms in total. The molecular weight excluding hydrogens is 861 g/mol. The molecule has 0 saturated heterocycles. The van der Waals surface area contributed by atoms with Gasteiger partial charge in [0.1, 0.15) is 30.2 Å². The number of nitrogens with zero attached hydrogens (tertiary/aromatic N) is 1. The van der Waals surface area contributed by atoms with Crippen molar-refractivity contribution in [3.8, 4) is 6.07 Å². The maximum absolute atomic E-state index is 13.4. The number of aliphatic carboxylic acids is 1. The lowest BCUT2D eigenvalue weighted by Crippen LogP contribution is -2.60. The third kappa shape index (κ3) is 23.1. The lowest BCUT2D eigenvalue weighted by atomic mass is 9.96. The summed E-state index contributed by atoms with van der Waals surface area (Å²) in [4.78, 5) is 101. The maximum atomic E-state index is 13.4. The van der Waals surface area contributed by atoms with Gasteiger partial charge in [0.05, 0.1) is 24.2 Å². The summed E-state index contributed by atoms with van der Waals surface area (Å²) in [7, 11) is 0. The van der Waals surface area contributed by atoms with Crippen molar-refractivity contribution in [2.45, 2.75) is 173 Å². The van der Waals surface area contributed by atoms with Crippen LogP contribution < -0.4 is 38.1 Å². The van der Waals surface area contributed by atoms with Crippen molar-refractivity contribution < 1.29 is 48.6 Å². The van der Waals surface area contributed by atoms with Crippen LogP contribution in [0.5, 0.6) is 0 Å². The molecule has 0 spiro atoms. The van der Waals surface area contributed by atoms with Crippen LogP contribution in [0.4, 0.5) is 0 Å². The third-order valence-corrected chi connectivity index (χ3v) is 11.6. The number of benzene rings is 2. The molecule has 18 heteroatoms. The zero-order chi connectivity index (χ0) is 49.7. The van der Waals surface area contributed by atoms with Crippen LogP contribution in [0, 0.1) is 17.2 Å². The van der Waals surface area contributed by atoms with Crippen LogP contribution in [0.2, 0.25) is 0 Å². The van der Waals surface area contributed by atoms with Crippen LogP contribution in [0.3, 0.4) is 0 Å². The monoisotopic (exact) mass is 933 g/mol. The number of aliphatic hydroxyl groups is 1. The molecule has 0 bridgehead atoms. The van der Waals surface area contributed by atoms with Gasteiger partial charge in [0.2, 0.25) is 41.4 Å². The predicted molar refractivity (Wildman–Crippen MR) is 251 cm³/mol. The van der Waals surface area contributed by atoms with Gasteiger partial charge in [0.15, 0.2) is 0 Å². The van der Waals surface area contributed by atoms with Crippen LogP contribution in [0.1, 0.15) is 140 Å². The summed E-state index contributed by atoms with van der Waals surface area (Å²) in [6.07, 6.45) is 10.3. The van der Waals surface area contributed by atoms with Crippen LogP contribution >= 0.6 is 0 Å². The molecule has 0 fully saturated rings. The molecule has 368 valence electrons. The molecule has 0 radical (unpaired) electrons. The summed E-state index contributed by atoms with van der Waals surface area (Å²) in [5.41, 5.74) is 12.8. The number of hydrogen-bond acceptors (Lipinski definition) is 10. The molecule has 2 rings (SSSR count). The van der Waals surface area contributed by atoms with Crippen molar-refractivity contribution in [2.75, 3.05) is 0 Å². The van der Waals surface area contributed by atoms with Crippen molar-refractivity contribution in [3.05, 3.63) is 71.3 Å². The SMILES string of the molecule is CC[C@H](C)[C@@H](NC(=O)[C@@H](NC(=O)CCCCCCCCCCCCCCC(=O)N[C@H](CC(=O)N[C@@H](Cc1ccccc1)C(=O)O)C(N)=O)[C@H](C)O)C(=O)N[C@H](Cc1ccc(C#N)cc1)C(N)=O. The number of carboxylic acids is 1. The van der Waals surface area contributed by atoms with E-state index in [0.29, 0.717) is 30.4 Å². The topological polar surface area (TPSA) is 313 Å². The summed E-state index contributed by atoms with van der Waals surface area (Å²) in [6, 6.07) is 11.4. The highest BCUT2D eigenvalue weighted by Gasteiger charge is 2.34.